The molecule has 0 fully saturated rings. The van der Waals surface area contributed by atoms with Gasteiger partial charge in [0.25, 0.3) is 5.56 Å². The molecule has 4 rings (SSSR count). The first-order valence-corrected chi connectivity index (χ1v) is 9.42. The van der Waals surface area contributed by atoms with Crippen LogP contribution in [0.25, 0.3) is 11.3 Å². The summed E-state index contributed by atoms with van der Waals surface area (Å²) in [6, 6.07) is 14.9. The first kappa shape index (κ1) is 19.0. The highest BCUT2D eigenvalue weighted by atomic mass is 35.5. The van der Waals surface area contributed by atoms with Crippen LogP contribution in [-0.2, 0) is 11.3 Å². The molecule has 0 bridgehead atoms. The number of nitrogens with zero attached hydrogens (tertiary/aromatic N) is 2. The molecule has 0 saturated carbocycles. The van der Waals surface area contributed by atoms with Crippen molar-refractivity contribution < 1.29 is 14.3 Å². The highest BCUT2D eigenvalue weighted by Crippen LogP contribution is 2.35. The third-order valence-electron chi connectivity index (χ3n) is 4.65. The van der Waals surface area contributed by atoms with Gasteiger partial charge in [-0.1, -0.05) is 29.8 Å². The fraction of sp³-hybridized carbons (Fsp3) is 0.190. The average Bonchev–Trinajstić information content (AvgIpc) is 3.20. The standard InChI is InChI=1S/C21H18ClN3O4/c1-13(21(27)23-11-15-4-2-3-5-16(15)22)25-20(26)9-7-17(24-25)14-6-8-18-19(10-14)29-12-28-18/h2-10,13H,11-12H2,1H3,(H,23,27). The monoisotopic (exact) mass is 411 g/mol. The maximum absolute atomic E-state index is 12.6. The van der Waals surface area contributed by atoms with Gasteiger partial charge in [0, 0.05) is 23.2 Å². The van der Waals surface area contributed by atoms with Gasteiger partial charge in [-0.25, -0.2) is 4.68 Å². The molecule has 1 aliphatic rings. The number of benzene rings is 2. The lowest BCUT2D eigenvalue weighted by molar-refractivity contribution is -0.124. The molecule has 3 aromatic rings. The second kappa shape index (κ2) is 7.97. The van der Waals surface area contributed by atoms with E-state index in [4.69, 9.17) is 21.1 Å². The minimum absolute atomic E-state index is 0.175. The van der Waals surface area contributed by atoms with E-state index >= 15 is 0 Å². The van der Waals surface area contributed by atoms with Crippen LogP contribution in [0.5, 0.6) is 11.5 Å². The zero-order valence-electron chi connectivity index (χ0n) is 15.6. The van der Waals surface area contributed by atoms with Gasteiger partial charge in [0.15, 0.2) is 11.5 Å². The minimum Gasteiger partial charge on any atom is -0.454 e. The zero-order valence-corrected chi connectivity index (χ0v) is 16.3. The molecule has 1 aliphatic heterocycles. The molecule has 0 saturated heterocycles. The summed E-state index contributed by atoms with van der Waals surface area (Å²) in [5, 5.41) is 7.75. The van der Waals surface area contributed by atoms with Crippen molar-refractivity contribution in [2.24, 2.45) is 0 Å². The van der Waals surface area contributed by atoms with E-state index in [-0.39, 0.29) is 24.8 Å². The lowest BCUT2D eigenvalue weighted by atomic mass is 10.1. The molecule has 7 nitrogen and oxygen atoms in total. The Hall–Kier alpha value is -3.32. The number of aromatic nitrogens is 2. The molecule has 0 spiro atoms. The van der Waals surface area contributed by atoms with E-state index in [1.165, 1.54) is 10.7 Å². The Labute approximate surface area is 171 Å². The van der Waals surface area contributed by atoms with E-state index in [1.54, 1.807) is 31.2 Å². The summed E-state index contributed by atoms with van der Waals surface area (Å²) < 4.78 is 11.9. The molecule has 0 aliphatic carbocycles. The van der Waals surface area contributed by atoms with Crippen molar-refractivity contribution in [1.82, 2.24) is 15.1 Å². The minimum atomic E-state index is -0.793. The van der Waals surface area contributed by atoms with E-state index in [2.05, 4.69) is 10.4 Å². The van der Waals surface area contributed by atoms with Crippen molar-refractivity contribution in [3.63, 3.8) is 0 Å². The lowest BCUT2D eigenvalue weighted by Crippen LogP contribution is -2.36. The van der Waals surface area contributed by atoms with Crippen molar-refractivity contribution in [3.05, 3.63) is 75.5 Å². The Morgan fingerprint density at radius 1 is 1.17 bits per heavy atom. The molecule has 8 heteroatoms. The van der Waals surface area contributed by atoms with Crippen LogP contribution in [-0.4, -0.2) is 22.5 Å². The van der Waals surface area contributed by atoms with Crippen molar-refractivity contribution in [2.45, 2.75) is 19.5 Å². The van der Waals surface area contributed by atoms with Crippen molar-refractivity contribution in [3.8, 4) is 22.8 Å². The number of amides is 1. The molecule has 29 heavy (non-hydrogen) atoms. The second-order valence-electron chi connectivity index (χ2n) is 6.55. The van der Waals surface area contributed by atoms with Crippen LogP contribution >= 0.6 is 11.6 Å². The third-order valence-corrected chi connectivity index (χ3v) is 5.02. The maximum Gasteiger partial charge on any atom is 0.267 e. The van der Waals surface area contributed by atoms with Crippen LogP contribution in [0.3, 0.4) is 0 Å². The molecule has 148 valence electrons. The number of nitrogens with one attached hydrogen (secondary N) is 1. The number of carbonyl (C=O) groups excluding carboxylic acids is 1. The molecular weight excluding hydrogens is 394 g/mol. The summed E-state index contributed by atoms with van der Waals surface area (Å²) in [7, 11) is 0. The number of fused-ring (bicyclic) bond motifs is 1. The van der Waals surface area contributed by atoms with Gasteiger partial charge in [0.2, 0.25) is 12.7 Å². The first-order valence-electron chi connectivity index (χ1n) is 9.04. The SMILES string of the molecule is CC(C(=O)NCc1ccccc1Cl)n1nc(-c2ccc3c(c2)OCO3)ccc1=O. The van der Waals surface area contributed by atoms with E-state index in [9.17, 15) is 9.59 Å². The molecule has 1 amide bonds. The number of carbonyl (C=O) groups is 1. The number of ether oxygens (including phenoxy) is 2. The second-order valence-corrected chi connectivity index (χ2v) is 6.96. The summed E-state index contributed by atoms with van der Waals surface area (Å²) >= 11 is 6.12. The van der Waals surface area contributed by atoms with Crippen LogP contribution in [0.1, 0.15) is 18.5 Å². The highest BCUT2D eigenvalue weighted by molar-refractivity contribution is 6.31. The van der Waals surface area contributed by atoms with Crippen molar-refractivity contribution in [2.75, 3.05) is 6.79 Å². The zero-order chi connectivity index (χ0) is 20.4. The Morgan fingerprint density at radius 3 is 2.79 bits per heavy atom. The quantitative estimate of drug-likeness (QED) is 0.697. The van der Waals surface area contributed by atoms with Crippen LogP contribution in [0.4, 0.5) is 0 Å². The predicted octanol–water partition coefficient (Wildman–Crippen LogP) is 3.17. The maximum atomic E-state index is 12.6. The Kier molecular flexibility index (Phi) is 5.22. The van der Waals surface area contributed by atoms with Gasteiger partial charge >= 0.3 is 0 Å². The molecule has 0 radical (unpaired) electrons. The fourth-order valence-electron chi connectivity index (χ4n) is 3.00. The molecular formula is C21H18ClN3O4. The van der Waals surface area contributed by atoms with E-state index in [0.29, 0.717) is 22.2 Å². The third kappa shape index (κ3) is 3.95. The van der Waals surface area contributed by atoms with Gasteiger partial charge in [0.1, 0.15) is 6.04 Å². The fourth-order valence-corrected chi connectivity index (χ4v) is 3.20. The number of rotatable bonds is 5. The summed E-state index contributed by atoms with van der Waals surface area (Å²) in [5.74, 6) is 0.948. The van der Waals surface area contributed by atoms with E-state index < -0.39 is 6.04 Å². The van der Waals surface area contributed by atoms with Gasteiger partial charge in [-0.3, -0.25) is 9.59 Å². The molecule has 1 unspecified atom stereocenters. The van der Waals surface area contributed by atoms with Crippen LogP contribution < -0.4 is 20.3 Å². The largest absolute Gasteiger partial charge is 0.454 e. The normalized spacial score (nSPS) is 13.2. The average molecular weight is 412 g/mol. The van der Waals surface area contributed by atoms with Crippen LogP contribution in [0.15, 0.2) is 59.4 Å². The van der Waals surface area contributed by atoms with Gasteiger partial charge < -0.3 is 14.8 Å². The van der Waals surface area contributed by atoms with Crippen LogP contribution in [0, 0.1) is 0 Å². The van der Waals surface area contributed by atoms with Gasteiger partial charge in [-0.15, -0.1) is 0 Å². The number of hydrogen-bond donors (Lipinski definition) is 1. The molecule has 2 aromatic carbocycles. The first-order chi connectivity index (χ1) is 14.0. The van der Waals surface area contributed by atoms with Crippen molar-refractivity contribution in [1.29, 1.82) is 0 Å². The van der Waals surface area contributed by atoms with Gasteiger partial charge in [0.05, 0.1) is 5.69 Å². The summed E-state index contributed by atoms with van der Waals surface area (Å²) in [5.41, 5.74) is 1.74. The topological polar surface area (TPSA) is 82.5 Å². The van der Waals surface area contributed by atoms with Crippen molar-refractivity contribution >= 4 is 17.5 Å². The smallest absolute Gasteiger partial charge is 0.267 e. The van der Waals surface area contributed by atoms with E-state index in [1.807, 2.05) is 24.3 Å². The summed E-state index contributed by atoms with van der Waals surface area (Å²) in [6.45, 7) is 2.06. The molecule has 2 heterocycles. The summed E-state index contributed by atoms with van der Waals surface area (Å²) in [4.78, 5) is 24.9. The molecule has 1 N–H and O–H groups in total. The number of halogens is 1. The highest BCUT2D eigenvalue weighted by Gasteiger charge is 2.19. The van der Waals surface area contributed by atoms with Gasteiger partial charge in [-0.05, 0) is 42.8 Å². The lowest BCUT2D eigenvalue weighted by Gasteiger charge is -2.15. The molecule has 1 atom stereocenters. The van der Waals surface area contributed by atoms with Gasteiger partial charge in [-0.2, -0.15) is 5.10 Å². The van der Waals surface area contributed by atoms with E-state index in [0.717, 1.165) is 11.1 Å². The molecule has 1 aromatic heterocycles. The Morgan fingerprint density at radius 2 is 1.97 bits per heavy atom. The van der Waals surface area contributed by atoms with Crippen LogP contribution in [0.2, 0.25) is 5.02 Å². The Bertz CT molecular complexity index is 1130. The number of hydrogen-bond acceptors (Lipinski definition) is 5. The summed E-state index contributed by atoms with van der Waals surface area (Å²) in [6.07, 6.45) is 0. The predicted molar refractivity (Wildman–Crippen MR) is 108 cm³/mol. The Balaban J connectivity index is 1.54.